The van der Waals surface area contributed by atoms with Crippen molar-refractivity contribution < 1.29 is 14.0 Å². The van der Waals surface area contributed by atoms with E-state index in [1.165, 1.54) is 0 Å². The molecule has 0 fully saturated rings. The van der Waals surface area contributed by atoms with Gasteiger partial charge in [0.15, 0.2) is 0 Å². The molecule has 1 aromatic carbocycles. The Kier molecular flexibility index (Phi) is 5.74. The molecule has 2 N–H and O–H groups in total. The van der Waals surface area contributed by atoms with E-state index in [4.69, 9.17) is 4.42 Å². The second-order valence-corrected chi connectivity index (χ2v) is 8.59. The first kappa shape index (κ1) is 21.6. The molecule has 2 aliphatic rings. The maximum atomic E-state index is 12.7. The van der Waals surface area contributed by atoms with Crippen LogP contribution in [0.2, 0.25) is 0 Å². The first-order chi connectivity index (χ1) is 15.3. The number of carbonyl (C=O) groups excluding carboxylic acids is 2. The highest BCUT2D eigenvalue weighted by Gasteiger charge is 2.30. The van der Waals surface area contributed by atoms with Crippen LogP contribution >= 0.6 is 0 Å². The highest BCUT2D eigenvalue weighted by molar-refractivity contribution is 5.94. The lowest BCUT2D eigenvalue weighted by molar-refractivity contribution is -0.125. The molecule has 0 saturated carbocycles. The van der Waals surface area contributed by atoms with Gasteiger partial charge in [0.25, 0.3) is 5.91 Å². The topological polar surface area (TPSA) is 86.9 Å². The summed E-state index contributed by atoms with van der Waals surface area (Å²) in [5, 5.41) is 7.08. The summed E-state index contributed by atoms with van der Waals surface area (Å²) in [4.78, 5) is 31.0. The Bertz CT molecular complexity index is 1200. The minimum atomic E-state index is -0.818. The molecule has 7 nitrogen and oxygen atoms in total. The molecule has 0 radical (unpaired) electrons. The Morgan fingerprint density at radius 1 is 1.31 bits per heavy atom. The van der Waals surface area contributed by atoms with Gasteiger partial charge in [0.1, 0.15) is 22.7 Å². The van der Waals surface area contributed by atoms with Gasteiger partial charge < -0.3 is 20.0 Å². The van der Waals surface area contributed by atoms with Gasteiger partial charge in [-0.25, -0.2) is 0 Å². The van der Waals surface area contributed by atoms with Gasteiger partial charge in [0, 0.05) is 48.5 Å². The number of carbonyl (C=O) groups is 2. The molecule has 0 spiro atoms. The van der Waals surface area contributed by atoms with Crippen LogP contribution in [0.4, 0.5) is 0 Å². The summed E-state index contributed by atoms with van der Waals surface area (Å²) in [5.41, 5.74) is 2.96. The van der Waals surface area contributed by atoms with Crippen molar-refractivity contribution in [3.63, 3.8) is 0 Å². The maximum absolute atomic E-state index is 12.7. The largest absolute Gasteiger partial charge is 0.459 e. The van der Waals surface area contributed by atoms with Crippen molar-refractivity contribution in [2.45, 2.75) is 45.7 Å². The number of amides is 2. The second-order valence-electron chi connectivity index (χ2n) is 8.59. The molecule has 0 atom stereocenters. The number of nitrogens with zero attached hydrogens (tertiary/aromatic N) is 2. The highest BCUT2D eigenvalue weighted by atomic mass is 16.3. The average Bonchev–Trinajstić information content (AvgIpc) is 3.08. The van der Waals surface area contributed by atoms with E-state index >= 15 is 0 Å². The summed E-state index contributed by atoms with van der Waals surface area (Å²) < 4.78 is 6.01. The molecular weight excluding hydrogens is 404 g/mol. The third-order valence-corrected chi connectivity index (χ3v) is 5.79. The van der Waals surface area contributed by atoms with Gasteiger partial charge in [0.05, 0.1) is 6.54 Å². The Morgan fingerprint density at radius 3 is 2.88 bits per heavy atom. The molecule has 2 aromatic rings. The van der Waals surface area contributed by atoms with Crippen molar-refractivity contribution in [3.05, 3.63) is 70.9 Å². The Morgan fingerprint density at radius 2 is 2.09 bits per heavy atom. The molecule has 0 bridgehead atoms. The fourth-order valence-corrected chi connectivity index (χ4v) is 3.78. The van der Waals surface area contributed by atoms with E-state index in [2.05, 4.69) is 28.6 Å². The molecule has 7 heteroatoms. The quantitative estimate of drug-likeness (QED) is 0.707. The molecule has 166 valence electrons. The number of allylic oxidation sites excluding steroid dienone is 3. The predicted octanol–water partition coefficient (Wildman–Crippen LogP) is 3.58. The van der Waals surface area contributed by atoms with Crippen LogP contribution in [0.1, 0.15) is 38.5 Å². The zero-order chi connectivity index (χ0) is 22.9. The number of hydrogen-bond acceptors (Lipinski definition) is 5. The molecule has 2 amide bonds. The summed E-state index contributed by atoms with van der Waals surface area (Å²) in [7, 11) is 1.77. The summed E-state index contributed by atoms with van der Waals surface area (Å²) in [6.45, 7) is 6.04. The van der Waals surface area contributed by atoms with Crippen molar-refractivity contribution in [2.75, 3.05) is 7.05 Å². The molecule has 0 unspecified atom stereocenters. The molecule has 3 heterocycles. The number of dihydropyridines is 1. The molecule has 0 saturated heterocycles. The van der Waals surface area contributed by atoms with Crippen LogP contribution in [-0.2, 0) is 22.6 Å². The van der Waals surface area contributed by atoms with Crippen LogP contribution in [-0.4, -0.2) is 35.5 Å². The number of rotatable bonds is 5. The van der Waals surface area contributed by atoms with Crippen LogP contribution in [0.5, 0.6) is 0 Å². The van der Waals surface area contributed by atoms with Crippen molar-refractivity contribution in [1.29, 1.82) is 0 Å². The minimum Gasteiger partial charge on any atom is -0.459 e. The molecule has 2 aliphatic heterocycles. The normalized spacial score (nSPS) is 17.6. The molecule has 1 aromatic heterocycles. The van der Waals surface area contributed by atoms with E-state index in [9.17, 15) is 9.59 Å². The van der Waals surface area contributed by atoms with Gasteiger partial charge in [-0.1, -0.05) is 31.2 Å². The van der Waals surface area contributed by atoms with Gasteiger partial charge >= 0.3 is 0 Å². The van der Waals surface area contributed by atoms with Gasteiger partial charge in [-0.3, -0.25) is 14.6 Å². The molecule has 32 heavy (non-hydrogen) atoms. The molecule has 4 rings (SSSR count). The van der Waals surface area contributed by atoms with Crippen LogP contribution < -0.4 is 10.6 Å². The monoisotopic (exact) mass is 432 g/mol. The van der Waals surface area contributed by atoms with Crippen molar-refractivity contribution in [3.8, 4) is 0 Å². The Hall–Kier alpha value is -3.61. The number of fused-ring (bicyclic) bond motifs is 1. The summed E-state index contributed by atoms with van der Waals surface area (Å²) in [5.74, 6) is 1.19. The number of nitrogens with one attached hydrogen (secondary N) is 2. The zero-order valence-electron chi connectivity index (χ0n) is 18.9. The summed E-state index contributed by atoms with van der Waals surface area (Å²) in [6.07, 6.45) is 8.28. The standard InChI is InChI=1S/C25H28N4O3/c1-5-18-19-8-6-7-9-20(19)32-21(18)15-29(4)22(30)11-10-16-12-17-14-27-25(2,3)24(31)28-23(17)26-13-16/h6-11,13-14,26H,5,12,15H2,1-4H3,(H,28,31)/b11-10+. The summed E-state index contributed by atoms with van der Waals surface area (Å²) >= 11 is 0. The van der Waals surface area contributed by atoms with E-state index in [-0.39, 0.29) is 11.8 Å². The molecular formula is C25H28N4O3. The van der Waals surface area contributed by atoms with Crippen LogP contribution in [0.3, 0.4) is 0 Å². The van der Waals surface area contributed by atoms with Gasteiger partial charge in [-0.05, 0) is 31.9 Å². The number of hydrogen-bond donors (Lipinski definition) is 2. The first-order valence-electron chi connectivity index (χ1n) is 10.8. The summed E-state index contributed by atoms with van der Waals surface area (Å²) in [6, 6.07) is 7.95. The van der Waals surface area contributed by atoms with E-state index < -0.39 is 5.54 Å². The van der Waals surface area contributed by atoms with E-state index in [1.807, 2.05) is 18.2 Å². The number of benzene rings is 1. The fourth-order valence-electron chi connectivity index (χ4n) is 3.78. The fraction of sp³-hybridized carbons (Fsp3) is 0.320. The number of furan rings is 1. The third kappa shape index (κ3) is 4.23. The van der Waals surface area contributed by atoms with Crippen molar-refractivity contribution in [2.24, 2.45) is 4.99 Å². The minimum absolute atomic E-state index is 0.114. The van der Waals surface area contributed by atoms with E-state index in [0.717, 1.165) is 39.9 Å². The number of para-hydroxylation sites is 1. The average molecular weight is 433 g/mol. The first-order valence-corrected chi connectivity index (χ1v) is 10.8. The number of aryl methyl sites for hydroxylation is 1. The lowest BCUT2D eigenvalue weighted by Crippen LogP contribution is -2.42. The van der Waals surface area contributed by atoms with Crippen LogP contribution in [0.15, 0.2) is 69.0 Å². The van der Waals surface area contributed by atoms with Gasteiger partial charge in [0.2, 0.25) is 5.91 Å². The van der Waals surface area contributed by atoms with E-state index in [0.29, 0.717) is 18.8 Å². The molecule has 0 aliphatic carbocycles. The Labute approximate surface area is 187 Å². The zero-order valence-corrected chi connectivity index (χ0v) is 18.9. The predicted molar refractivity (Wildman–Crippen MR) is 125 cm³/mol. The van der Waals surface area contributed by atoms with Crippen molar-refractivity contribution >= 4 is 29.0 Å². The Balaban J connectivity index is 1.42. The third-order valence-electron chi connectivity index (χ3n) is 5.79. The number of likely N-dealkylation sites (N-methyl/N-ethyl adjacent to an activating group) is 1. The highest BCUT2D eigenvalue weighted by Crippen LogP contribution is 2.27. The SMILES string of the molecule is CCc1c(CN(C)C(=O)/C=C/C2=CNC3=C(C=NC(C)(C)C(=O)N3)C2)oc2ccccc12. The van der Waals surface area contributed by atoms with Gasteiger partial charge in [-0.15, -0.1) is 0 Å². The van der Waals surface area contributed by atoms with Gasteiger partial charge in [-0.2, -0.15) is 0 Å². The van der Waals surface area contributed by atoms with Crippen LogP contribution in [0.25, 0.3) is 11.0 Å². The lowest BCUT2D eigenvalue weighted by Gasteiger charge is -2.20. The second kappa shape index (κ2) is 8.49. The van der Waals surface area contributed by atoms with E-state index in [1.54, 1.807) is 50.4 Å². The lowest BCUT2D eigenvalue weighted by atomic mass is 10.0. The maximum Gasteiger partial charge on any atom is 0.252 e. The van der Waals surface area contributed by atoms with Crippen LogP contribution in [0, 0.1) is 0 Å². The van der Waals surface area contributed by atoms with Crippen molar-refractivity contribution in [1.82, 2.24) is 15.5 Å². The smallest absolute Gasteiger partial charge is 0.252 e. The number of aliphatic imine (C=N–C) groups is 1.